The molecule has 0 saturated carbocycles. The number of nitrogens with one attached hydrogen (secondary N) is 2. The molecule has 188 valence electrons. The lowest BCUT2D eigenvalue weighted by Crippen LogP contribution is -2.55. The highest BCUT2D eigenvalue weighted by molar-refractivity contribution is 5.98. The summed E-state index contributed by atoms with van der Waals surface area (Å²) < 4.78 is 35.4. The lowest BCUT2D eigenvalue weighted by atomic mass is 10.00. The summed E-state index contributed by atoms with van der Waals surface area (Å²) in [5.74, 6) is -2.64. The van der Waals surface area contributed by atoms with Gasteiger partial charge < -0.3 is 36.6 Å². The number of piperidine rings is 1. The van der Waals surface area contributed by atoms with Gasteiger partial charge in [0.05, 0.1) is 24.5 Å². The van der Waals surface area contributed by atoms with Gasteiger partial charge in [-0.25, -0.2) is 18.7 Å². The Balaban J connectivity index is 1.60. The molecule has 0 aliphatic carbocycles. The van der Waals surface area contributed by atoms with Crippen molar-refractivity contribution >= 4 is 35.0 Å². The Morgan fingerprint density at radius 2 is 1.94 bits per heavy atom. The number of rotatable bonds is 6. The van der Waals surface area contributed by atoms with Gasteiger partial charge in [0.15, 0.2) is 23.3 Å². The smallest absolute Gasteiger partial charge is 0.252 e. The number of nitrogens with two attached hydrogens (primary N) is 2. The minimum atomic E-state index is -0.931. The normalized spacial score (nSPS) is 20.5. The number of nitrogens with zero attached hydrogens (tertiary/aromatic N) is 4. The van der Waals surface area contributed by atoms with Crippen molar-refractivity contribution in [2.75, 3.05) is 54.9 Å². The third-order valence-corrected chi connectivity index (χ3v) is 6.10. The molecule has 4 rings (SSSR count). The van der Waals surface area contributed by atoms with E-state index in [9.17, 15) is 14.0 Å². The third-order valence-electron chi connectivity index (χ3n) is 6.10. The molecule has 0 spiro atoms. The SMILES string of the molecule is CC(=O)N1CCC(Nc2nc(Nc3ccnc(N4CCOCC4)c3F)c(C(N)=O)cc2F)[C@@H](N)C1. The largest absolute Gasteiger partial charge is 0.378 e. The van der Waals surface area contributed by atoms with Crippen molar-refractivity contribution in [3.05, 3.63) is 35.5 Å². The van der Waals surface area contributed by atoms with E-state index in [4.69, 9.17) is 16.2 Å². The molecule has 2 aliphatic heterocycles. The molecular weight excluding hydrogens is 462 g/mol. The van der Waals surface area contributed by atoms with Crippen molar-refractivity contribution < 1.29 is 23.1 Å². The highest BCUT2D eigenvalue weighted by Gasteiger charge is 2.29. The Kier molecular flexibility index (Phi) is 7.26. The zero-order chi connectivity index (χ0) is 25.1. The van der Waals surface area contributed by atoms with Crippen molar-refractivity contribution in [1.29, 1.82) is 0 Å². The van der Waals surface area contributed by atoms with E-state index in [1.54, 1.807) is 9.80 Å². The van der Waals surface area contributed by atoms with Crippen LogP contribution in [-0.4, -0.2) is 78.2 Å². The van der Waals surface area contributed by atoms with Crippen molar-refractivity contribution in [2.24, 2.45) is 11.5 Å². The zero-order valence-corrected chi connectivity index (χ0v) is 19.3. The second-order valence-corrected chi connectivity index (χ2v) is 8.47. The highest BCUT2D eigenvalue weighted by atomic mass is 19.1. The molecule has 2 aromatic heterocycles. The molecule has 0 bridgehead atoms. The van der Waals surface area contributed by atoms with Crippen LogP contribution in [0.25, 0.3) is 0 Å². The molecule has 0 aromatic carbocycles. The number of carbonyl (C=O) groups is 2. The minimum absolute atomic E-state index is 0.000479. The third kappa shape index (κ3) is 5.41. The number of hydrogen-bond donors (Lipinski definition) is 4. The summed E-state index contributed by atoms with van der Waals surface area (Å²) in [7, 11) is 0. The average Bonchev–Trinajstić information content (AvgIpc) is 2.83. The van der Waals surface area contributed by atoms with Crippen LogP contribution in [0.5, 0.6) is 0 Å². The lowest BCUT2D eigenvalue weighted by molar-refractivity contribution is -0.130. The van der Waals surface area contributed by atoms with Gasteiger partial charge in [-0.2, -0.15) is 0 Å². The Morgan fingerprint density at radius 3 is 2.60 bits per heavy atom. The first-order valence-corrected chi connectivity index (χ1v) is 11.3. The van der Waals surface area contributed by atoms with E-state index < -0.39 is 23.6 Å². The molecule has 35 heavy (non-hydrogen) atoms. The predicted octanol–water partition coefficient (Wildman–Crippen LogP) is 0.794. The number of ether oxygens (including phenoxy) is 1. The molecule has 4 heterocycles. The lowest BCUT2D eigenvalue weighted by Gasteiger charge is -2.36. The molecule has 6 N–H and O–H groups in total. The van der Waals surface area contributed by atoms with Gasteiger partial charge in [-0.15, -0.1) is 0 Å². The van der Waals surface area contributed by atoms with Crippen LogP contribution in [-0.2, 0) is 9.53 Å². The van der Waals surface area contributed by atoms with Crippen LogP contribution < -0.4 is 27.0 Å². The Hall–Kier alpha value is -3.58. The van der Waals surface area contributed by atoms with Crippen LogP contribution in [0.3, 0.4) is 0 Å². The highest BCUT2D eigenvalue weighted by Crippen LogP contribution is 2.29. The number of anilines is 4. The summed E-state index contributed by atoms with van der Waals surface area (Å²) in [6.07, 6.45) is 1.90. The number of hydrogen-bond acceptors (Lipinski definition) is 9. The second kappa shape index (κ2) is 10.4. The van der Waals surface area contributed by atoms with E-state index in [0.29, 0.717) is 45.8 Å². The monoisotopic (exact) mass is 490 g/mol. The summed E-state index contributed by atoms with van der Waals surface area (Å²) >= 11 is 0. The molecule has 2 aliphatic rings. The van der Waals surface area contributed by atoms with Gasteiger partial charge in [-0.3, -0.25) is 9.59 Å². The average molecular weight is 491 g/mol. The fraction of sp³-hybridized carbons (Fsp3) is 0.455. The fourth-order valence-electron chi connectivity index (χ4n) is 4.15. The van der Waals surface area contributed by atoms with Crippen molar-refractivity contribution in [3.8, 4) is 0 Å². The van der Waals surface area contributed by atoms with Crippen LogP contribution in [0.1, 0.15) is 23.7 Å². The van der Waals surface area contributed by atoms with Crippen LogP contribution in [0.2, 0.25) is 0 Å². The Morgan fingerprint density at radius 1 is 1.20 bits per heavy atom. The second-order valence-electron chi connectivity index (χ2n) is 8.47. The van der Waals surface area contributed by atoms with Crippen LogP contribution in [0.4, 0.5) is 31.9 Å². The molecule has 1 unspecified atom stereocenters. The van der Waals surface area contributed by atoms with Crippen molar-refractivity contribution in [1.82, 2.24) is 14.9 Å². The van der Waals surface area contributed by atoms with Gasteiger partial charge in [0.1, 0.15) is 5.82 Å². The molecular formula is C22H28F2N8O3. The Bertz CT molecular complexity index is 1110. The summed E-state index contributed by atoms with van der Waals surface area (Å²) in [4.78, 5) is 35.3. The number of aromatic nitrogens is 2. The van der Waals surface area contributed by atoms with E-state index in [1.807, 2.05) is 0 Å². The molecule has 2 fully saturated rings. The quantitative estimate of drug-likeness (QED) is 0.461. The maximum Gasteiger partial charge on any atom is 0.252 e. The van der Waals surface area contributed by atoms with Gasteiger partial charge in [0.2, 0.25) is 5.91 Å². The van der Waals surface area contributed by atoms with Crippen molar-refractivity contribution in [3.63, 3.8) is 0 Å². The predicted molar refractivity (Wildman–Crippen MR) is 125 cm³/mol. The number of pyridine rings is 2. The van der Waals surface area contributed by atoms with E-state index in [-0.39, 0.29) is 40.7 Å². The molecule has 2 aromatic rings. The minimum Gasteiger partial charge on any atom is -0.378 e. The first-order valence-electron chi connectivity index (χ1n) is 11.3. The van der Waals surface area contributed by atoms with Gasteiger partial charge in [0, 0.05) is 51.4 Å². The first kappa shape index (κ1) is 24.5. The topological polar surface area (TPSA) is 152 Å². The molecule has 2 atom stereocenters. The van der Waals surface area contributed by atoms with Gasteiger partial charge in [-0.1, -0.05) is 0 Å². The standard InChI is InChI=1S/C22H28F2N8O3/c1-12(33)32-5-3-16(15(25)11-32)28-21-14(23)10-13(19(26)34)20(30-21)29-17-2-4-27-22(18(17)24)31-6-8-35-9-7-31/h2,4,10,15-16H,3,5-9,11,25H2,1H3,(H2,26,34)(H2,27,28,29,30)/t15-,16?/m0/s1. The van der Waals surface area contributed by atoms with Gasteiger partial charge >= 0.3 is 0 Å². The maximum absolute atomic E-state index is 15.3. The summed E-state index contributed by atoms with van der Waals surface area (Å²) in [5, 5.41) is 5.72. The van der Waals surface area contributed by atoms with Gasteiger partial charge in [-0.05, 0) is 18.6 Å². The first-order chi connectivity index (χ1) is 16.7. The van der Waals surface area contributed by atoms with Crippen LogP contribution in [0.15, 0.2) is 18.3 Å². The molecule has 2 saturated heterocycles. The summed E-state index contributed by atoms with van der Waals surface area (Å²) in [6.45, 7) is 4.09. The number of likely N-dealkylation sites (tertiary alicyclic amines) is 1. The summed E-state index contributed by atoms with van der Waals surface area (Å²) in [6, 6.07) is 1.49. The molecule has 11 nitrogen and oxygen atoms in total. The van der Waals surface area contributed by atoms with Gasteiger partial charge in [0.25, 0.3) is 5.91 Å². The number of primary amides is 1. The number of carbonyl (C=O) groups excluding carboxylic acids is 2. The van der Waals surface area contributed by atoms with E-state index in [1.165, 1.54) is 19.2 Å². The molecule has 2 amide bonds. The number of amides is 2. The molecule has 13 heteroatoms. The van der Waals surface area contributed by atoms with Crippen LogP contribution in [0, 0.1) is 11.6 Å². The summed E-state index contributed by atoms with van der Waals surface area (Å²) in [5.41, 5.74) is 11.4. The molecule has 0 radical (unpaired) electrons. The van der Waals surface area contributed by atoms with Crippen molar-refractivity contribution in [2.45, 2.75) is 25.4 Å². The van der Waals surface area contributed by atoms with E-state index in [2.05, 4.69) is 20.6 Å². The Labute approximate surface area is 200 Å². The zero-order valence-electron chi connectivity index (χ0n) is 19.3. The van der Waals surface area contributed by atoms with E-state index in [0.717, 1.165) is 6.07 Å². The number of morpholine rings is 1. The van der Waals surface area contributed by atoms with Crippen LogP contribution >= 0.6 is 0 Å². The van der Waals surface area contributed by atoms with E-state index >= 15 is 4.39 Å². The number of halogens is 2. The maximum atomic E-state index is 15.3. The fourth-order valence-corrected chi connectivity index (χ4v) is 4.15.